The van der Waals surface area contributed by atoms with Crippen LogP contribution in [0.5, 0.6) is 11.5 Å². The molecular formula is C16H15ClN2O4. The number of hydrogen-bond donors (Lipinski definition) is 2. The highest BCUT2D eigenvalue weighted by Gasteiger charge is 2.15. The molecule has 6 nitrogen and oxygen atoms in total. The first kappa shape index (κ1) is 16.6. The molecule has 2 N–H and O–H groups in total. The van der Waals surface area contributed by atoms with Crippen LogP contribution in [0.4, 0.5) is 11.4 Å². The standard InChI is InChI=1S/C16H15ClN2O4/c1-22-13-7-6-12(9-14(13)23-2)19-16(21)15(20)18-11-5-3-4-10(17)8-11/h3-9H,1-2H3,(H,18,20)(H,19,21). The molecule has 0 unspecified atom stereocenters. The number of benzene rings is 2. The minimum atomic E-state index is -0.808. The van der Waals surface area contributed by atoms with E-state index in [1.165, 1.54) is 14.2 Å². The molecule has 0 aliphatic rings. The van der Waals surface area contributed by atoms with Crippen molar-refractivity contribution in [2.75, 3.05) is 24.9 Å². The Balaban J connectivity index is 2.05. The average molecular weight is 335 g/mol. The SMILES string of the molecule is COc1ccc(NC(=O)C(=O)Nc2cccc(Cl)c2)cc1OC. The first-order chi connectivity index (χ1) is 11.0. The van der Waals surface area contributed by atoms with E-state index in [1.807, 2.05) is 0 Å². The summed E-state index contributed by atoms with van der Waals surface area (Å²) in [7, 11) is 2.99. The molecule has 0 aliphatic heterocycles. The molecule has 0 fully saturated rings. The molecule has 2 amide bonds. The normalized spacial score (nSPS) is 9.87. The average Bonchev–Trinajstić information content (AvgIpc) is 2.54. The molecular weight excluding hydrogens is 320 g/mol. The second-order valence-corrected chi connectivity index (χ2v) is 4.92. The minimum Gasteiger partial charge on any atom is -0.493 e. The maximum Gasteiger partial charge on any atom is 0.314 e. The Morgan fingerprint density at radius 1 is 0.870 bits per heavy atom. The van der Waals surface area contributed by atoms with Crippen LogP contribution in [0, 0.1) is 0 Å². The molecule has 0 bridgehead atoms. The highest BCUT2D eigenvalue weighted by Crippen LogP contribution is 2.29. The Bertz CT molecular complexity index is 734. The molecule has 0 saturated carbocycles. The second kappa shape index (κ2) is 7.51. The van der Waals surface area contributed by atoms with Gasteiger partial charge in [0.05, 0.1) is 14.2 Å². The summed E-state index contributed by atoms with van der Waals surface area (Å²) >= 11 is 5.82. The lowest BCUT2D eigenvalue weighted by Crippen LogP contribution is -2.29. The van der Waals surface area contributed by atoms with E-state index in [4.69, 9.17) is 21.1 Å². The van der Waals surface area contributed by atoms with Crippen LogP contribution in [0.15, 0.2) is 42.5 Å². The van der Waals surface area contributed by atoms with Crippen LogP contribution in [-0.4, -0.2) is 26.0 Å². The van der Waals surface area contributed by atoms with Crippen molar-refractivity contribution in [3.05, 3.63) is 47.5 Å². The van der Waals surface area contributed by atoms with Crippen LogP contribution < -0.4 is 20.1 Å². The van der Waals surface area contributed by atoms with Crippen molar-refractivity contribution in [1.29, 1.82) is 0 Å². The van der Waals surface area contributed by atoms with E-state index in [9.17, 15) is 9.59 Å². The minimum absolute atomic E-state index is 0.411. The monoisotopic (exact) mass is 334 g/mol. The fourth-order valence-corrected chi connectivity index (χ4v) is 2.05. The summed E-state index contributed by atoms with van der Waals surface area (Å²) in [5.41, 5.74) is 0.846. The van der Waals surface area contributed by atoms with Gasteiger partial charge in [-0.3, -0.25) is 9.59 Å². The highest BCUT2D eigenvalue weighted by molar-refractivity contribution is 6.43. The zero-order valence-electron chi connectivity index (χ0n) is 12.6. The van der Waals surface area contributed by atoms with Crippen molar-refractivity contribution in [1.82, 2.24) is 0 Å². The lowest BCUT2D eigenvalue weighted by Gasteiger charge is -2.10. The number of ether oxygens (including phenoxy) is 2. The van der Waals surface area contributed by atoms with E-state index in [1.54, 1.807) is 42.5 Å². The molecule has 2 aromatic rings. The fraction of sp³-hybridized carbons (Fsp3) is 0.125. The topological polar surface area (TPSA) is 76.7 Å². The van der Waals surface area contributed by atoms with Crippen LogP contribution >= 0.6 is 11.6 Å². The Morgan fingerprint density at radius 3 is 2.04 bits per heavy atom. The van der Waals surface area contributed by atoms with Gasteiger partial charge in [0.25, 0.3) is 0 Å². The fourth-order valence-electron chi connectivity index (χ4n) is 1.86. The Kier molecular flexibility index (Phi) is 5.43. The van der Waals surface area contributed by atoms with E-state index >= 15 is 0 Å². The molecule has 0 spiro atoms. The van der Waals surface area contributed by atoms with Crippen molar-refractivity contribution < 1.29 is 19.1 Å². The lowest BCUT2D eigenvalue weighted by atomic mass is 10.2. The van der Waals surface area contributed by atoms with Gasteiger partial charge in [-0.2, -0.15) is 0 Å². The second-order valence-electron chi connectivity index (χ2n) is 4.49. The zero-order valence-corrected chi connectivity index (χ0v) is 13.3. The first-order valence-corrected chi connectivity index (χ1v) is 7.01. The largest absolute Gasteiger partial charge is 0.493 e. The third kappa shape index (κ3) is 4.37. The van der Waals surface area contributed by atoms with E-state index in [0.717, 1.165) is 0 Å². The van der Waals surface area contributed by atoms with Crippen molar-refractivity contribution >= 4 is 34.8 Å². The van der Waals surface area contributed by atoms with Gasteiger partial charge in [0.1, 0.15) is 0 Å². The number of amides is 2. The summed E-state index contributed by atoms with van der Waals surface area (Å²) < 4.78 is 10.2. The number of halogens is 1. The van der Waals surface area contributed by atoms with E-state index < -0.39 is 11.8 Å². The first-order valence-electron chi connectivity index (χ1n) is 6.63. The smallest absolute Gasteiger partial charge is 0.314 e. The van der Waals surface area contributed by atoms with Gasteiger partial charge in [-0.15, -0.1) is 0 Å². The number of carbonyl (C=O) groups excluding carboxylic acids is 2. The Morgan fingerprint density at radius 2 is 1.48 bits per heavy atom. The lowest BCUT2D eigenvalue weighted by molar-refractivity contribution is -0.132. The highest BCUT2D eigenvalue weighted by atomic mass is 35.5. The van der Waals surface area contributed by atoms with Gasteiger partial charge in [-0.25, -0.2) is 0 Å². The summed E-state index contributed by atoms with van der Waals surface area (Å²) in [6.07, 6.45) is 0. The zero-order chi connectivity index (χ0) is 16.8. The van der Waals surface area contributed by atoms with Crippen molar-refractivity contribution in [2.24, 2.45) is 0 Å². The maximum absolute atomic E-state index is 11.9. The molecule has 0 aliphatic carbocycles. The van der Waals surface area contributed by atoms with Gasteiger partial charge in [-0.05, 0) is 30.3 Å². The van der Waals surface area contributed by atoms with Crippen LogP contribution in [0.2, 0.25) is 5.02 Å². The predicted molar refractivity (Wildman–Crippen MR) is 88.3 cm³/mol. The number of nitrogens with one attached hydrogen (secondary N) is 2. The summed E-state index contributed by atoms with van der Waals surface area (Å²) in [6.45, 7) is 0. The van der Waals surface area contributed by atoms with Gasteiger partial charge >= 0.3 is 11.8 Å². The Labute approximate surface area is 138 Å². The molecule has 120 valence electrons. The maximum atomic E-state index is 11.9. The molecule has 0 aromatic heterocycles. The molecule has 0 atom stereocenters. The van der Waals surface area contributed by atoms with Crippen molar-refractivity contribution in [2.45, 2.75) is 0 Å². The summed E-state index contributed by atoms with van der Waals surface area (Å²) in [6, 6.07) is 11.3. The summed E-state index contributed by atoms with van der Waals surface area (Å²) in [5.74, 6) is -0.645. The van der Waals surface area contributed by atoms with Crippen molar-refractivity contribution in [3.63, 3.8) is 0 Å². The van der Waals surface area contributed by atoms with Gasteiger partial charge in [0, 0.05) is 22.5 Å². The van der Waals surface area contributed by atoms with Gasteiger partial charge in [-0.1, -0.05) is 17.7 Å². The predicted octanol–water partition coefficient (Wildman–Crippen LogP) is 2.93. The van der Waals surface area contributed by atoms with Gasteiger partial charge < -0.3 is 20.1 Å². The number of hydrogen-bond acceptors (Lipinski definition) is 4. The summed E-state index contributed by atoms with van der Waals surface area (Å²) in [5, 5.41) is 5.41. The van der Waals surface area contributed by atoms with Crippen LogP contribution in [0.25, 0.3) is 0 Å². The number of rotatable bonds is 4. The van der Waals surface area contributed by atoms with E-state index in [0.29, 0.717) is 27.9 Å². The molecule has 7 heteroatoms. The third-order valence-electron chi connectivity index (χ3n) is 2.93. The van der Waals surface area contributed by atoms with E-state index in [-0.39, 0.29) is 0 Å². The van der Waals surface area contributed by atoms with Gasteiger partial charge in [0.15, 0.2) is 11.5 Å². The molecule has 0 saturated heterocycles. The van der Waals surface area contributed by atoms with E-state index in [2.05, 4.69) is 10.6 Å². The number of anilines is 2. The third-order valence-corrected chi connectivity index (χ3v) is 3.17. The van der Waals surface area contributed by atoms with Crippen molar-refractivity contribution in [3.8, 4) is 11.5 Å². The molecule has 0 radical (unpaired) electrons. The number of carbonyl (C=O) groups is 2. The molecule has 2 aromatic carbocycles. The van der Waals surface area contributed by atoms with Gasteiger partial charge in [0.2, 0.25) is 0 Å². The molecule has 0 heterocycles. The summed E-state index contributed by atoms with van der Waals surface area (Å²) in [4.78, 5) is 23.8. The quantitative estimate of drug-likeness (QED) is 0.843. The molecule has 23 heavy (non-hydrogen) atoms. The number of methoxy groups -OCH3 is 2. The van der Waals surface area contributed by atoms with Crippen LogP contribution in [0.1, 0.15) is 0 Å². The van der Waals surface area contributed by atoms with Crippen LogP contribution in [-0.2, 0) is 9.59 Å². The van der Waals surface area contributed by atoms with Crippen LogP contribution in [0.3, 0.4) is 0 Å². The molecule has 2 rings (SSSR count). The Hall–Kier alpha value is -2.73.